The van der Waals surface area contributed by atoms with Crippen LogP contribution < -0.4 is 15.2 Å². The SMILES string of the molecule is CCOc1cc(C=C2C(=O)NN(c3ccccc3)C2=O)cc([N+](=O)[O-])c1O. The molecule has 0 bridgehead atoms. The molecule has 9 heteroatoms. The van der Waals surface area contributed by atoms with Crippen molar-refractivity contribution in [3.63, 3.8) is 0 Å². The van der Waals surface area contributed by atoms with Crippen molar-refractivity contribution in [1.29, 1.82) is 0 Å². The van der Waals surface area contributed by atoms with Crippen molar-refractivity contribution in [2.45, 2.75) is 6.92 Å². The number of nitro groups is 1. The lowest BCUT2D eigenvalue weighted by molar-refractivity contribution is -0.386. The predicted molar refractivity (Wildman–Crippen MR) is 96.0 cm³/mol. The average Bonchev–Trinajstić information content (AvgIpc) is 2.93. The Balaban J connectivity index is 2.02. The van der Waals surface area contributed by atoms with Gasteiger partial charge in [-0.05, 0) is 36.8 Å². The summed E-state index contributed by atoms with van der Waals surface area (Å²) in [6.45, 7) is 1.83. The fraction of sp³-hybridized carbons (Fsp3) is 0.111. The van der Waals surface area contributed by atoms with Crippen LogP contribution in [0.5, 0.6) is 11.5 Å². The Morgan fingerprint density at radius 1 is 1.26 bits per heavy atom. The number of phenolic OH excluding ortho intramolecular Hbond substituents is 1. The lowest BCUT2D eigenvalue weighted by Crippen LogP contribution is -2.35. The third-order valence-electron chi connectivity index (χ3n) is 3.79. The molecule has 2 amide bonds. The summed E-state index contributed by atoms with van der Waals surface area (Å²) in [7, 11) is 0. The Morgan fingerprint density at radius 2 is 1.96 bits per heavy atom. The zero-order valence-electron chi connectivity index (χ0n) is 14.2. The van der Waals surface area contributed by atoms with Gasteiger partial charge in [0.2, 0.25) is 5.75 Å². The van der Waals surface area contributed by atoms with Crippen molar-refractivity contribution in [2.24, 2.45) is 0 Å². The van der Waals surface area contributed by atoms with Gasteiger partial charge in [0.15, 0.2) is 5.75 Å². The van der Waals surface area contributed by atoms with Crippen molar-refractivity contribution < 1.29 is 24.4 Å². The first-order valence-corrected chi connectivity index (χ1v) is 7.98. The van der Waals surface area contributed by atoms with Crippen molar-refractivity contribution >= 4 is 29.3 Å². The van der Waals surface area contributed by atoms with Crippen LogP contribution in [-0.4, -0.2) is 28.5 Å². The lowest BCUT2D eigenvalue weighted by Gasteiger charge is -2.13. The number of ether oxygens (including phenoxy) is 1. The summed E-state index contributed by atoms with van der Waals surface area (Å²) in [4.78, 5) is 35.2. The van der Waals surface area contributed by atoms with Crippen LogP contribution in [0.2, 0.25) is 0 Å². The standard InChI is InChI=1S/C18H15N3O6/c1-2-27-15-10-11(9-14(16(15)22)21(25)26)8-13-17(23)19-20(18(13)24)12-6-4-3-5-7-12/h3-10,22H,2H2,1H3,(H,19,23). The number of phenols is 1. The Hall–Kier alpha value is -3.88. The molecule has 0 aromatic heterocycles. The molecule has 2 aromatic carbocycles. The largest absolute Gasteiger partial charge is 0.500 e. The monoisotopic (exact) mass is 369 g/mol. The molecule has 1 saturated heterocycles. The number of aromatic hydroxyl groups is 1. The molecule has 9 nitrogen and oxygen atoms in total. The van der Waals surface area contributed by atoms with Gasteiger partial charge in [0.1, 0.15) is 5.57 Å². The molecule has 0 aliphatic carbocycles. The lowest BCUT2D eigenvalue weighted by atomic mass is 10.1. The van der Waals surface area contributed by atoms with Gasteiger partial charge in [0, 0.05) is 6.07 Å². The maximum atomic E-state index is 12.6. The van der Waals surface area contributed by atoms with E-state index in [1.807, 2.05) is 0 Å². The Kier molecular flexibility index (Phi) is 4.75. The van der Waals surface area contributed by atoms with E-state index >= 15 is 0 Å². The summed E-state index contributed by atoms with van der Waals surface area (Å²) >= 11 is 0. The molecule has 1 fully saturated rings. The molecule has 1 heterocycles. The fourth-order valence-electron chi connectivity index (χ4n) is 2.58. The van der Waals surface area contributed by atoms with E-state index in [-0.39, 0.29) is 23.5 Å². The summed E-state index contributed by atoms with van der Waals surface area (Å²) in [5, 5.41) is 22.2. The number of nitro benzene ring substituents is 1. The third-order valence-corrected chi connectivity index (χ3v) is 3.79. The quantitative estimate of drug-likeness (QED) is 0.360. The summed E-state index contributed by atoms with van der Waals surface area (Å²) in [5.74, 6) is -1.96. The smallest absolute Gasteiger partial charge is 0.315 e. The second-order valence-corrected chi connectivity index (χ2v) is 5.55. The number of para-hydroxylation sites is 1. The molecular weight excluding hydrogens is 354 g/mol. The molecule has 0 radical (unpaired) electrons. The number of rotatable bonds is 5. The minimum Gasteiger partial charge on any atom is -0.500 e. The molecule has 0 saturated carbocycles. The maximum absolute atomic E-state index is 12.6. The number of carbonyl (C=O) groups is 2. The molecule has 0 unspecified atom stereocenters. The van der Waals surface area contributed by atoms with Gasteiger partial charge in [-0.25, -0.2) is 5.01 Å². The molecule has 3 rings (SSSR count). The van der Waals surface area contributed by atoms with Gasteiger partial charge in [-0.15, -0.1) is 0 Å². The highest BCUT2D eigenvalue weighted by Crippen LogP contribution is 2.38. The van der Waals surface area contributed by atoms with Gasteiger partial charge in [-0.3, -0.25) is 25.1 Å². The topological polar surface area (TPSA) is 122 Å². The molecule has 0 atom stereocenters. The van der Waals surface area contributed by atoms with Crippen LogP contribution in [0.3, 0.4) is 0 Å². The van der Waals surface area contributed by atoms with Crippen LogP contribution in [0.25, 0.3) is 6.08 Å². The molecule has 27 heavy (non-hydrogen) atoms. The average molecular weight is 369 g/mol. The summed E-state index contributed by atoms with van der Waals surface area (Å²) in [6.07, 6.45) is 1.22. The first-order valence-electron chi connectivity index (χ1n) is 7.98. The summed E-state index contributed by atoms with van der Waals surface area (Å²) in [5.41, 5.74) is 2.32. The second-order valence-electron chi connectivity index (χ2n) is 5.55. The number of hydrogen-bond acceptors (Lipinski definition) is 6. The van der Waals surface area contributed by atoms with E-state index in [9.17, 15) is 24.8 Å². The van der Waals surface area contributed by atoms with Gasteiger partial charge < -0.3 is 9.84 Å². The van der Waals surface area contributed by atoms with Gasteiger partial charge in [0.05, 0.1) is 17.2 Å². The number of amides is 2. The van der Waals surface area contributed by atoms with E-state index in [1.54, 1.807) is 37.3 Å². The molecule has 2 aromatic rings. The number of benzene rings is 2. The minimum atomic E-state index is -0.771. The summed E-state index contributed by atoms with van der Waals surface area (Å²) < 4.78 is 5.20. The Labute approximate surface area is 153 Å². The second kappa shape index (κ2) is 7.16. The molecule has 2 N–H and O–H groups in total. The van der Waals surface area contributed by atoms with E-state index in [0.29, 0.717) is 5.69 Å². The van der Waals surface area contributed by atoms with Crippen molar-refractivity contribution in [2.75, 3.05) is 11.6 Å². The van der Waals surface area contributed by atoms with Crippen LogP contribution in [0, 0.1) is 10.1 Å². The predicted octanol–water partition coefficient (Wildman–Crippen LogP) is 2.16. The zero-order chi connectivity index (χ0) is 19.6. The first kappa shape index (κ1) is 17.9. The van der Waals surface area contributed by atoms with E-state index < -0.39 is 28.2 Å². The van der Waals surface area contributed by atoms with Crippen LogP contribution in [0.15, 0.2) is 48.0 Å². The van der Waals surface area contributed by atoms with Crippen LogP contribution >= 0.6 is 0 Å². The third kappa shape index (κ3) is 3.43. The highest BCUT2D eigenvalue weighted by molar-refractivity contribution is 6.31. The van der Waals surface area contributed by atoms with Crippen molar-refractivity contribution in [3.8, 4) is 11.5 Å². The summed E-state index contributed by atoms with van der Waals surface area (Å²) in [6, 6.07) is 10.9. The van der Waals surface area contributed by atoms with Gasteiger partial charge in [-0.1, -0.05) is 18.2 Å². The Morgan fingerprint density at radius 3 is 2.59 bits per heavy atom. The Bertz CT molecular complexity index is 955. The van der Waals surface area contributed by atoms with Crippen LogP contribution in [0.1, 0.15) is 12.5 Å². The molecule has 1 aliphatic heterocycles. The molecule has 1 aliphatic rings. The van der Waals surface area contributed by atoms with Gasteiger partial charge in [-0.2, -0.15) is 0 Å². The molecule has 0 spiro atoms. The van der Waals surface area contributed by atoms with Crippen LogP contribution in [0.4, 0.5) is 11.4 Å². The molecular formula is C18H15N3O6. The number of hydrogen-bond donors (Lipinski definition) is 2. The van der Waals surface area contributed by atoms with Crippen molar-refractivity contribution in [1.82, 2.24) is 5.43 Å². The van der Waals surface area contributed by atoms with E-state index in [2.05, 4.69) is 5.43 Å². The van der Waals surface area contributed by atoms with E-state index in [4.69, 9.17) is 4.74 Å². The molecule has 138 valence electrons. The number of anilines is 1. The highest BCUT2D eigenvalue weighted by Gasteiger charge is 2.34. The van der Waals surface area contributed by atoms with Crippen molar-refractivity contribution in [3.05, 3.63) is 63.7 Å². The minimum absolute atomic E-state index is 0.107. The van der Waals surface area contributed by atoms with E-state index in [0.717, 1.165) is 11.1 Å². The van der Waals surface area contributed by atoms with Gasteiger partial charge in [0.25, 0.3) is 11.8 Å². The highest BCUT2D eigenvalue weighted by atomic mass is 16.6. The van der Waals surface area contributed by atoms with Crippen LogP contribution in [-0.2, 0) is 9.59 Å². The normalized spacial score (nSPS) is 15.1. The zero-order valence-corrected chi connectivity index (χ0v) is 14.2. The number of nitrogens with one attached hydrogen (secondary N) is 1. The number of hydrazine groups is 1. The fourth-order valence-corrected chi connectivity index (χ4v) is 2.58. The first-order chi connectivity index (χ1) is 12.9. The maximum Gasteiger partial charge on any atom is 0.315 e. The van der Waals surface area contributed by atoms with Gasteiger partial charge >= 0.3 is 5.69 Å². The van der Waals surface area contributed by atoms with E-state index in [1.165, 1.54) is 12.1 Å². The number of carbonyl (C=O) groups excluding carboxylic acids is 2. The number of nitrogens with zero attached hydrogens (tertiary/aromatic N) is 2.